The third-order valence-corrected chi connectivity index (χ3v) is 9.67. The molecule has 0 bridgehead atoms. The van der Waals surface area contributed by atoms with Crippen LogP contribution in [0.5, 0.6) is 0 Å². The second-order valence-electron chi connectivity index (χ2n) is 11.7. The fourth-order valence-electron chi connectivity index (χ4n) is 7.71. The quantitative estimate of drug-likeness (QED) is 0.199. The van der Waals surface area contributed by atoms with Crippen LogP contribution in [0.15, 0.2) is 138 Å². The Bertz CT molecular complexity index is 2470. The fourth-order valence-corrected chi connectivity index (χ4v) is 7.87. The molecule has 0 amide bonds. The molecule has 2 aromatic heterocycles. The zero-order valence-electron chi connectivity index (χ0n) is 23.8. The van der Waals surface area contributed by atoms with Crippen LogP contribution in [0.1, 0.15) is 22.3 Å². The summed E-state index contributed by atoms with van der Waals surface area (Å²) >= 11 is 6.59. The summed E-state index contributed by atoms with van der Waals surface area (Å²) in [5.74, 6) is 1.03. The number of halogens is 1. The summed E-state index contributed by atoms with van der Waals surface area (Å²) in [6.45, 7) is 0. The average Bonchev–Trinajstić information content (AvgIpc) is 3.71. The minimum atomic E-state index is -0.443. The van der Waals surface area contributed by atoms with Crippen molar-refractivity contribution in [1.29, 1.82) is 0 Å². The van der Waals surface area contributed by atoms with E-state index >= 15 is 0 Å². The van der Waals surface area contributed by atoms with E-state index in [0.717, 1.165) is 33.1 Å². The van der Waals surface area contributed by atoms with Crippen molar-refractivity contribution in [1.82, 2.24) is 15.0 Å². The van der Waals surface area contributed by atoms with Gasteiger partial charge in [0.05, 0.1) is 5.41 Å². The van der Waals surface area contributed by atoms with Gasteiger partial charge in [-0.05, 0) is 80.4 Å². The van der Waals surface area contributed by atoms with Gasteiger partial charge in [0.15, 0.2) is 11.6 Å². The molecule has 45 heavy (non-hydrogen) atoms. The fraction of sp³-hybridized carbons (Fsp3) is 0.0250. The largest absolute Gasteiger partial charge is 0.456 e. The highest BCUT2D eigenvalue weighted by molar-refractivity contribution is 6.28. The van der Waals surface area contributed by atoms with Gasteiger partial charge in [0.1, 0.15) is 11.2 Å². The molecule has 10 rings (SSSR count). The zero-order valence-corrected chi connectivity index (χ0v) is 24.6. The van der Waals surface area contributed by atoms with Crippen molar-refractivity contribution in [2.75, 3.05) is 0 Å². The van der Waals surface area contributed by atoms with Gasteiger partial charge in [-0.15, -0.1) is 0 Å². The summed E-state index contributed by atoms with van der Waals surface area (Å²) in [4.78, 5) is 14.1. The van der Waals surface area contributed by atoms with Gasteiger partial charge < -0.3 is 4.42 Å². The van der Waals surface area contributed by atoms with Crippen LogP contribution in [-0.4, -0.2) is 15.0 Å². The highest BCUT2D eigenvalue weighted by atomic mass is 35.5. The zero-order chi connectivity index (χ0) is 29.7. The normalized spacial score (nSPS) is 13.6. The summed E-state index contributed by atoms with van der Waals surface area (Å²) in [7, 11) is 0. The Morgan fingerprint density at radius 1 is 0.444 bits per heavy atom. The number of furan rings is 1. The van der Waals surface area contributed by atoms with Crippen LogP contribution >= 0.6 is 11.6 Å². The van der Waals surface area contributed by atoms with Crippen molar-refractivity contribution in [3.8, 4) is 45.0 Å². The number of hydrogen-bond donors (Lipinski definition) is 0. The molecular formula is C40H22ClN3O. The summed E-state index contributed by atoms with van der Waals surface area (Å²) < 4.78 is 6.15. The topological polar surface area (TPSA) is 51.8 Å². The first kappa shape index (κ1) is 24.8. The first-order valence-corrected chi connectivity index (χ1v) is 15.4. The van der Waals surface area contributed by atoms with E-state index in [1.165, 1.54) is 44.5 Å². The van der Waals surface area contributed by atoms with Crippen LogP contribution in [0.2, 0.25) is 5.28 Å². The number of rotatable bonds is 2. The lowest BCUT2D eigenvalue weighted by Crippen LogP contribution is -2.25. The lowest BCUT2D eigenvalue weighted by Gasteiger charge is -2.30. The van der Waals surface area contributed by atoms with Crippen molar-refractivity contribution < 1.29 is 4.42 Å². The number of nitrogens with zero attached hydrogens (tertiary/aromatic N) is 3. The van der Waals surface area contributed by atoms with Gasteiger partial charge in [-0.2, -0.15) is 9.97 Å². The Balaban J connectivity index is 1.18. The van der Waals surface area contributed by atoms with Crippen LogP contribution in [-0.2, 0) is 5.41 Å². The summed E-state index contributed by atoms with van der Waals surface area (Å²) in [6.07, 6.45) is 0. The van der Waals surface area contributed by atoms with Crippen molar-refractivity contribution in [3.63, 3.8) is 0 Å². The lowest BCUT2D eigenvalue weighted by molar-refractivity contribution is 0.669. The Morgan fingerprint density at radius 2 is 0.956 bits per heavy atom. The molecule has 8 aromatic rings. The SMILES string of the molecule is Clc1nc(-c2ccc3c(c2)C2(c4ccccc4-c4ccccc42)c2ccccc2-3)nc(-c2ccc3c(c2)oc2ccccc23)n1. The first-order valence-electron chi connectivity index (χ1n) is 15.0. The van der Waals surface area contributed by atoms with Crippen molar-refractivity contribution in [3.05, 3.63) is 161 Å². The molecule has 0 radical (unpaired) electrons. The standard InChI is InChI=1S/C40H22ClN3O/c41-39-43-37(42-38(44-39)24-18-20-30-29-12-4-8-16-35(29)45-36(30)22-24)23-17-19-28-27-11-3-7-15-33(27)40(34(28)21-23)31-13-5-1-9-25(31)26-10-2-6-14-32(26)40/h1-22H. The molecule has 0 N–H and O–H groups in total. The summed E-state index contributed by atoms with van der Waals surface area (Å²) in [5.41, 5.74) is 13.0. The van der Waals surface area contributed by atoms with Gasteiger partial charge in [-0.1, -0.05) is 109 Å². The third kappa shape index (κ3) is 3.29. The Labute approximate surface area is 263 Å². The molecule has 2 heterocycles. The maximum absolute atomic E-state index is 6.59. The first-order chi connectivity index (χ1) is 22.2. The number of aromatic nitrogens is 3. The average molecular weight is 596 g/mol. The number of benzene rings is 6. The van der Waals surface area contributed by atoms with E-state index in [4.69, 9.17) is 21.0 Å². The van der Waals surface area contributed by atoms with Gasteiger partial charge >= 0.3 is 0 Å². The van der Waals surface area contributed by atoms with Gasteiger partial charge in [0.2, 0.25) is 5.28 Å². The van der Waals surface area contributed by atoms with Crippen LogP contribution in [0, 0.1) is 0 Å². The number of fused-ring (bicyclic) bond motifs is 13. The minimum Gasteiger partial charge on any atom is -0.456 e. The Kier molecular flexibility index (Phi) is 4.95. The second-order valence-corrected chi connectivity index (χ2v) is 12.0. The molecule has 1 spiro atoms. The number of para-hydroxylation sites is 1. The molecule has 0 unspecified atom stereocenters. The van der Waals surface area contributed by atoms with Gasteiger partial charge in [-0.25, -0.2) is 4.98 Å². The van der Waals surface area contributed by atoms with E-state index in [1.54, 1.807) is 0 Å². The molecule has 0 saturated carbocycles. The van der Waals surface area contributed by atoms with Gasteiger partial charge in [0.25, 0.3) is 0 Å². The second kappa shape index (κ2) is 8.98. The molecule has 5 heteroatoms. The monoisotopic (exact) mass is 595 g/mol. The highest BCUT2D eigenvalue weighted by Crippen LogP contribution is 2.62. The van der Waals surface area contributed by atoms with Gasteiger partial charge in [-0.3, -0.25) is 0 Å². The van der Waals surface area contributed by atoms with E-state index in [1.807, 2.05) is 30.3 Å². The molecular weight excluding hydrogens is 574 g/mol. The van der Waals surface area contributed by atoms with Crippen molar-refractivity contribution in [2.24, 2.45) is 0 Å². The lowest BCUT2D eigenvalue weighted by atomic mass is 9.70. The molecule has 0 fully saturated rings. The molecule has 0 aliphatic heterocycles. The summed E-state index contributed by atoms with van der Waals surface area (Å²) in [6, 6.07) is 47.0. The van der Waals surface area contributed by atoms with Crippen LogP contribution < -0.4 is 0 Å². The third-order valence-electron chi connectivity index (χ3n) is 9.50. The molecule has 2 aliphatic rings. The van der Waals surface area contributed by atoms with E-state index in [-0.39, 0.29) is 5.28 Å². The van der Waals surface area contributed by atoms with Crippen LogP contribution in [0.3, 0.4) is 0 Å². The summed E-state index contributed by atoms with van der Waals surface area (Å²) in [5, 5.41) is 2.28. The van der Waals surface area contributed by atoms with Crippen molar-refractivity contribution in [2.45, 2.75) is 5.41 Å². The smallest absolute Gasteiger partial charge is 0.226 e. The minimum absolute atomic E-state index is 0.148. The van der Waals surface area contributed by atoms with E-state index in [0.29, 0.717) is 11.6 Å². The molecule has 6 aromatic carbocycles. The number of hydrogen-bond acceptors (Lipinski definition) is 4. The van der Waals surface area contributed by atoms with E-state index < -0.39 is 5.41 Å². The van der Waals surface area contributed by atoms with Gasteiger partial charge in [0, 0.05) is 21.9 Å². The Hall–Kier alpha value is -5.58. The molecule has 210 valence electrons. The molecule has 4 nitrogen and oxygen atoms in total. The van der Waals surface area contributed by atoms with Crippen LogP contribution in [0.25, 0.3) is 67.0 Å². The predicted octanol–water partition coefficient (Wildman–Crippen LogP) is 10.1. The maximum Gasteiger partial charge on any atom is 0.226 e. The predicted molar refractivity (Wildman–Crippen MR) is 179 cm³/mol. The van der Waals surface area contributed by atoms with Crippen LogP contribution in [0.4, 0.5) is 0 Å². The van der Waals surface area contributed by atoms with E-state index in [9.17, 15) is 0 Å². The molecule has 2 aliphatic carbocycles. The molecule has 0 atom stereocenters. The molecule has 0 saturated heterocycles. The Morgan fingerprint density at radius 3 is 1.62 bits per heavy atom. The highest BCUT2D eigenvalue weighted by Gasteiger charge is 2.51. The van der Waals surface area contributed by atoms with E-state index in [2.05, 4.69) is 113 Å². The maximum atomic E-state index is 6.59. The van der Waals surface area contributed by atoms with Crippen molar-refractivity contribution >= 4 is 33.5 Å².